The van der Waals surface area contributed by atoms with Gasteiger partial charge >= 0.3 is 0 Å². The fourth-order valence-corrected chi connectivity index (χ4v) is 2.77. The minimum atomic E-state index is 0.270. The van der Waals surface area contributed by atoms with Gasteiger partial charge in [0, 0.05) is 19.5 Å². The number of carbonyl (C=O) groups excluding carboxylic acids is 1. The lowest BCUT2D eigenvalue weighted by molar-refractivity contribution is -0.131. The van der Waals surface area contributed by atoms with Crippen molar-refractivity contribution in [3.8, 4) is 11.5 Å². The Bertz CT molecular complexity index is 465. The van der Waals surface area contributed by atoms with E-state index in [1.807, 2.05) is 23.1 Å². The molecule has 1 aromatic carbocycles. The molecule has 0 radical (unpaired) electrons. The Labute approximate surface area is 127 Å². The number of hydrogen-bond acceptors (Lipinski definition) is 3. The standard InChI is InChI=1S/C17H25NO3/c1-20-15-9-7-14(13-16(15)21-2)8-10-17(19)18-11-5-3-4-6-12-18/h7,9,13H,3-6,8,10-12H2,1-2H3. The largest absolute Gasteiger partial charge is 0.493 e. The number of nitrogens with zero attached hydrogens (tertiary/aromatic N) is 1. The van der Waals surface area contributed by atoms with Crippen molar-refractivity contribution in [1.29, 1.82) is 0 Å². The Balaban J connectivity index is 1.91. The quantitative estimate of drug-likeness (QED) is 0.837. The van der Waals surface area contributed by atoms with Gasteiger partial charge in [-0.25, -0.2) is 0 Å². The highest BCUT2D eigenvalue weighted by Crippen LogP contribution is 2.28. The van der Waals surface area contributed by atoms with Crippen LogP contribution < -0.4 is 9.47 Å². The minimum Gasteiger partial charge on any atom is -0.493 e. The van der Waals surface area contributed by atoms with Crippen molar-refractivity contribution in [1.82, 2.24) is 4.90 Å². The smallest absolute Gasteiger partial charge is 0.222 e. The van der Waals surface area contributed by atoms with Crippen LogP contribution in [0.2, 0.25) is 0 Å². The van der Waals surface area contributed by atoms with Crippen LogP contribution in [-0.2, 0) is 11.2 Å². The number of ether oxygens (including phenoxy) is 2. The molecule has 0 saturated carbocycles. The zero-order chi connectivity index (χ0) is 15.1. The summed E-state index contributed by atoms with van der Waals surface area (Å²) in [5.74, 6) is 1.71. The first-order valence-corrected chi connectivity index (χ1v) is 7.73. The number of likely N-dealkylation sites (tertiary alicyclic amines) is 1. The number of rotatable bonds is 5. The van der Waals surface area contributed by atoms with Crippen molar-refractivity contribution in [3.63, 3.8) is 0 Å². The van der Waals surface area contributed by atoms with Crippen molar-refractivity contribution in [2.45, 2.75) is 38.5 Å². The van der Waals surface area contributed by atoms with E-state index in [-0.39, 0.29) is 5.91 Å². The Morgan fingerprint density at radius 3 is 2.33 bits per heavy atom. The van der Waals surface area contributed by atoms with Gasteiger partial charge in [0.05, 0.1) is 14.2 Å². The van der Waals surface area contributed by atoms with E-state index < -0.39 is 0 Å². The molecule has 0 unspecified atom stereocenters. The monoisotopic (exact) mass is 291 g/mol. The molecule has 4 heteroatoms. The molecule has 4 nitrogen and oxygen atoms in total. The van der Waals surface area contributed by atoms with Gasteiger partial charge in [-0.3, -0.25) is 4.79 Å². The Morgan fingerprint density at radius 2 is 1.71 bits per heavy atom. The second kappa shape index (κ2) is 7.91. The van der Waals surface area contributed by atoms with E-state index in [4.69, 9.17) is 9.47 Å². The molecular formula is C17H25NO3. The normalized spacial score (nSPS) is 15.4. The van der Waals surface area contributed by atoms with Crippen LogP contribution in [0.3, 0.4) is 0 Å². The highest BCUT2D eigenvalue weighted by Gasteiger charge is 2.15. The van der Waals surface area contributed by atoms with Gasteiger partial charge in [0.2, 0.25) is 5.91 Å². The average molecular weight is 291 g/mol. The highest BCUT2D eigenvalue weighted by molar-refractivity contribution is 5.76. The van der Waals surface area contributed by atoms with E-state index >= 15 is 0 Å². The maximum atomic E-state index is 12.3. The van der Waals surface area contributed by atoms with E-state index in [0.717, 1.165) is 49.4 Å². The van der Waals surface area contributed by atoms with Crippen molar-refractivity contribution in [3.05, 3.63) is 23.8 Å². The topological polar surface area (TPSA) is 38.8 Å². The van der Waals surface area contributed by atoms with Crippen LogP contribution >= 0.6 is 0 Å². The van der Waals surface area contributed by atoms with E-state index in [1.165, 1.54) is 12.8 Å². The van der Waals surface area contributed by atoms with E-state index in [0.29, 0.717) is 6.42 Å². The van der Waals surface area contributed by atoms with Crippen molar-refractivity contribution in [2.24, 2.45) is 0 Å². The third-order valence-electron chi connectivity index (χ3n) is 4.03. The SMILES string of the molecule is COc1ccc(CCC(=O)N2CCCCCC2)cc1OC. The maximum absolute atomic E-state index is 12.3. The number of aryl methyl sites for hydroxylation is 1. The van der Waals surface area contributed by atoms with Crippen LogP contribution in [0.15, 0.2) is 18.2 Å². The molecule has 1 aromatic rings. The minimum absolute atomic E-state index is 0.270. The number of methoxy groups -OCH3 is 2. The molecule has 1 saturated heterocycles. The first kappa shape index (κ1) is 15.7. The molecule has 0 spiro atoms. The first-order valence-electron chi connectivity index (χ1n) is 7.73. The predicted octanol–water partition coefficient (Wildman–Crippen LogP) is 3.04. The van der Waals surface area contributed by atoms with Gasteiger partial charge in [-0.05, 0) is 37.0 Å². The summed E-state index contributed by atoms with van der Waals surface area (Å²) in [5.41, 5.74) is 1.11. The second-order valence-corrected chi connectivity index (χ2v) is 5.48. The molecule has 1 aliphatic rings. The van der Waals surface area contributed by atoms with Gasteiger partial charge in [0.25, 0.3) is 0 Å². The molecule has 2 rings (SSSR count). The van der Waals surface area contributed by atoms with Crippen molar-refractivity contribution < 1.29 is 14.3 Å². The van der Waals surface area contributed by atoms with Gasteiger partial charge in [-0.1, -0.05) is 18.9 Å². The predicted molar refractivity (Wildman–Crippen MR) is 82.9 cm³/mol. The zero-order valence-corrected chi connectivity index (χ0v) is 13.1. The van der Waals surface area contributed by atoms with Crippen LogP contribution in [0.4, 0.5) is 0 Å². The van der Waals surface area contributed by atoms with Crippen LogP contribution in [0.5, 0.6) is 11.5 Å². The lowest BCUT2D eigenvalue weighted by Gasteiger charge is -2.20. The molecular weight excluding hydrogens is 266 g/mol. The molecule has 1 aliphatic heterocycles. The van der Waals surface area contributed by atoms with E-state index in [1.54, 1.807) is 14.2 Å². The van der Waals surface area contributed by atoms with Crippen LogP contribution in [-0.4, -0.2) is 38.1 Å². The summed E-state index contributed by atoms with van der Waals surface area (Å²) in [5, 5.41) is 0. The molecule has 1 heterocycles. The number of benzene rings is 1. The van der Waals surface area contributed by atoms with Crippen molar-refractivity contribution >= 4 is 5.91 Å². The Morgan fingerprint density at radius 1 is 1.05 bits per heavy atom. The number of amides is 1. The Hall–Kier alpha value is -1.71. The second-order valence-electron chi connectivity index (χ2n) is 5.48. The lowest BCUT2D eigenvalue weighted by Crippen LogP contribution is -2.31. The third kappa shape index (κ3) is 4.38. The molecule has 0 bridgehead atoms. The van der Waals surface area contributed by atoms with E-state index in [2.05, 4.69) is 0 Å². The summed E-state index contributed by atoms with van der Waals surface area (Å²) in [6, 6.07) is 5.84. The molecule has 0 aromatic heterocycles. The van der Waals surface area contributed by atoms with Gasteiger partial charge < -0.3 is 14.4 Å². The molecule has 1 amide bonds. The molecule has 0 atom stereocenters. The summed E-state index contributed by atoms with van der Waals surface area (Å²) in [4.78, 5) is 14.3. The van der Waals surface area contributed by atoms with Gasteiger partial charge in [0.1, 0.15) is 0 Å². The molecule has 1 fully saturated rings. The third-order valence-corrected chi connectivity index (χ3v) is 4.03. The molecule has 0 N–H and O–H groups in total. The molecule has 21 heavy (non-hydrogen) atoms. The number of carbonyl (C=O) groups is 1. The fraction of sp³-hybridized carbons (Fsp3) is 0.588. The molecule has 116 valence electrons. The first-order chi connectivity index (χ1) is 10.2. The Kier molecular flexibility index (Phi) is 5.90. The van der Waals surface area contributed by atoms with Gasteiger partial charge in [-0.15, -0.1) is 0 Å². The van der Waals surface area contributed by atoms with Gasteiger partial charge in [0.15, 0.2) is 11.5 Å². The highest BCUT2D eigenvalue weighted by atomic mass is 16.5. The summed E-state index contributed by atoms with van der Waals surface area (Å²) in [7, 11) is 3.25. The number of hydrogen-bond donors (Lipinski definition) is 0. The summed E-state index contributed by atoms with van der Waals surface area (Å²) >= 11 is 0. The van der Waals surface area contributed by atoms with Crippen LogP contribution in [0.1, 0.15) is 37.7 Å². The summed E-state index contributed by atoms with van der Waals surface area (Å²) < 4.78 is 10.5. The van der Waals surface area contributed by atoms with Crippen LogP contribution in [0.25, 0.3) is 0 Å². The maximum Gasteiger partial charge on any atom is 0.222 e. The van der Waals surface area contributed by atoms with Gasteiger partial charge in [-0.2, -0.15) is 0 Å². The van der Waals surface area contributed by atoms with E-state index in [9.17, 15) is 4.79 Å². The zero-order valence-electron chi connectivity index (χ0n) is 13.1. The lowest BCUT2D eigenvalue weighted by atomic mass is 10.1. The van der Waals surface area contributed by atoms with Crippen LogP contribution in [0, 0.1) is 0 Å². The average Bonchev–Trinajstić information content (AvgIpc) is 2.81. The summed E-state index contributed by atoms with van der Waals surface area (Å²) in [6.45, 7) is 1.84. The van der Waals surface area contributed by atoms with Crippen molar-refractivity contribution in [2.75, 3.05) is 27.3 Å². The molecule has 0 aliphatic carbocycles. The summed E-state index contributed by atoms with van der Waals surface area (Å²) in [6.07, 6.45) is 6.09. The fourth-order valence-electron chi connectivity index (χ4n) is 2.77.